The monoisotopic (exact) mass is 325 g/mol. The largest absolute Gasteiger partial charge is 0.296 e. The molecule has 3 nitrogen and oxygen atoms in total. The standard InChI is InChI=1S/C21H31N3/c1-2-4-17(5-3-1)16-23-6-8-24(9-7-23)22-21-13-18-10-19(14-21)12-20(11-18)15-21/h1-5,18-20,22H,6-16H2. The van der Waals surface area contributed by atoms with Crippen molar-refractivity contribution in [1.82, 2.24) is 15.3 Å². The first-order chi connectivity index (χ1) is 11.8. The van der Waals surface area contributed by atoms with Gasteiger partial charge in [0, 0.05) is 38.3 Å². The van der Waals surface area contributed by atoms with Crippen molar-refractivity contribution >= 4 is 0 Å². The van der Waals surface area contributed by atoms with Gasteiger partial charge >= 0.3 is 0 Å². The fourth-order valence-corrected chi connectivity index (χ4v) is 6.44. The summed E-state index contributed by atoms with van der Waals surface area (Å²) in [6.07, 6.45) is 8.94. The lowest BCUT2D eigenvalue weighted by Gasteiger charge is -2.58. The first-order valence-corrected chi connectivity index (χ1v) is 10.1. The molecule has 1 heterocycles. The van der Waals surface area contributed by atoms with Gasteiger partial charge in [0.05, 0.1) is 0 Å². The van der Waals surface area contributed by atoms with Crippen LogP contribution in [0.1, 0.15) is 44.1 Å². The lowest BCUT2D eigenvalue weighted by Crippen LogP contribution is -2.65. The lowest BCUT2D eigenvalue weighted by atomic mass is 9.53. The predicted octanol–water partition coefficient (Wildman–Crippen LogP) is 3.28. The highest BCUT2D eigenvalue weighted by molar-refractivity contribution is 5.14. The molecule has 130 valence electrons. The van der Waals surface area contributed by atoms with Crippen LogP contribution < -0.4 is 5.43 Å². The van der Waals surface area contributed by atoms with E-state index < -0.39 is 0 Å². The number of nitrogens with zero attached hydrogens (tertiary/aromatic N) is 2. The third-order valence-electron chi connectivity index (χ3n) is 7.05. The number of benzene rings is 1. The van der Waals surface area contributed by atoms with E-state index in [4.69, 9.17) is 0 Å². The molecule has 6 rings (SSSR count). The molecule has 0 radical (unpaired) electrons. The maximum Gasteiger partial charge on any atom is 0.0334 e. The van der Waals surface area contributed by atoms with Gasteiger partial charge in [0.2, 0.25) is 0 Å². The average molecular weight is 326 g/mol. The van der Waals surface area contributed by atoms with Gasteiger partial charge in [0.25, 0.3) is 0 Å². The van der Waals surface area contributed by atoms with Gasteiger partial charge in [-0.3, -0.25) is 4.90 Å². The van der Waals surface area contributed by atoms with Gasteiger partial charge in [-0.2, -0.15) is 0 Å². The topological polar surface area (TPSA) is 18.5 Å². The second-order valence-corrected chi connectivity index (χ2v) is 9.06. The third kappa shape index (κ3) is 3.02. The van der Waals surface area contributed by atoms with Crippen LogP contribution in [0.15, 0.2) is 30.3 Å². The minimum Gasteiger partial charge on any atom is -0.296 e. The van der Waals surface area contributed by atoms with Crippen LogP contribution in [0.4, 0.5) is 0 Å². The molecule has 1 aromatic rings. The number of hydrazine groups is 1. The molecule has 4 saturated carbocycles. The van der Waals surface area contributed by atoms with Crippen molar-refractivity contribution in [2.24, 2.45) is 17.8 Å². The summed E-state index contributed by atoms with van der Waals surface area (Å²) in [5.74, 6) is 3.09. The van der Waals surface area contributed by atoms with E-state index in [1.807, 2.05) is 0 Å². The van der Waals surface area contributed by atoms with Gasteiger partial charge < -0.3 is 0 Å². The Morgan fingerprint density at radius 3 is 2.00 bits per heavy atom. The zero-order valence-corrected chi connectivity index (χ0v) is 14.8. The van der Waals surface area contributed by atoms with Gasteiger partial charge in [-0.1, -0.05) is 30.3 Å². The smallest absolute Gasteiger partial charge is 0.0334 e. The van der Waals surface area contributed by atoms with Gasteiger partial charge in [0.1, 0.15) is 0 Å². The molecule has 5 aliphatic rings. The summed E-state index contributed by atoms with van der Waals surface area (Å²) in [6, 6.07) is 10.9. The quantitative estimate of drug-likeness (QED) is 0.916. The van der Waals surface area contributed by atoms with Crippen LogP contribution in [0.2, 0.25) is 0 Å². The summed E-state index contributed by atoms with van der Waals surface area (Å²) < 4.78 is 0. The maximum atomic E-state index is 4.05. The highest BCUT2D eigenvalue weighted by Gasteiger charge is 2.51. The average Bonchev–Trinajstić information content (AvgIpc) is 2.56. The van der Waals surface area contributed by atoms with Crippen LogP contribution in [-0.4, -0.2) is 41.6 Å². The molecule has 0 aromatic heterocycles. The van der Waals surface area contributed by atoms with Crippen molar-refractivity contribution in [3.63, 3.8) is 0 Å². The van der Waals surface area contributed by atoms with E-state index in [2.05, 4.69) is 45.7 Å². The highest BCUT2D eigenvalue weighted by Crippen LogP contribution is 2.55. The molecule has 1 aliphatic heterocycles. The number of hydrogen-bond acceptors (Lipinski definition) is 3. The Balaban J connectivity index is 1.16. The third-order valence-corrected chi connectivity index (χ3v) is 7.05. The van der Waals surface area contributed by atoms with E-state index in [1.54, 1.807) is 0 Å². The molecule has 3 heteroatoms. The molecule has 1 N–H and O–H groups in total. The summed E-state index contributed by atoms with van der Waals surface area (Å²) in [6.45, 7) is 5.83. The first-order valence-electron chi connectivity index (χ1n) is 10.1. The van der Waals surface area contributed by atoms with Crippen LogP contribution >= 0.6 is 0 Å². The minimum atomic E-state index is 0.469. The fourth-order valence-electron chi connectivity index (χ4n) is 6.44. The fraction of sp³-hybridized carbons (Fsp3) is 0.714. The molecule has 0 amide bonds. The number of piperazine rings is 1. The van der Waals surface area contributed by atoms with Crippen LogP contribution in [0.25, 0.3) is 0 Å². The number of rotatable bonds is 4. The summed E-state index contributed by atoms with van der Waals surface area (Å²) in [5.41, 5.74) is 5.97. The molecule has 24 heavy (non-hydrogen) atoms. The normalized spacial score (nSPS) is 39.4. The second kappa shape index (κ2) is 6.12. The zero-order chi connectivity index (χ0) is 16.0. The van der Waals surface area contributed by atoms with Crippen LogP contribution in [0.3, 0.4) is 0 Å². The molecule has 0 unspecified atom stereocenters. The summed E-state index contributed by atoms with van der Waals surface area (Å²) in [5, 5.41) is 2.56. The first kappa shape index (κ1) is 15.4. The summed E-state index contributed by atoms with van der Waals surface area (Å²) in [4.78, 5) is 2.60. The molecule has 0 spiro atoms. The van der Waals surface area contributed by atoms with Crippen molar-refractivity contribution < 1.29 is 0 Å². The number of hydrogen-bond donors (Lipinski definition) is 1. The molecular weight excluding hydrogens is 294 g/mol. The molecule has 1 saturated heterocycles. The molecule has 0 atom stereocenters. The van der Waals surface area contributed by atoms with E-state index in [0.717, 1.165) is 24.3 Å². The van der Waals surface area contributed by atoms with Gasteiger partial charge in [-0.05, 0) is 61.8 Å². The van der Waals surface area contributed by atoms with Gasteiger partial charge in [-0.15, -0.1) is 0 Å². The van der Waals surface area contributed by atoms with Gasteiger partial charge in [-0.25, -0.2) is 10.4 Å². The van der Waals surface area contributed by atoms with Crippen LogP contribution in [0.5, 0.6) is 0 Å². The lowest BCUT2D eigenvalue weighted by molar-refractivity contribution is -0.0680. The summed E-state index contributed by atoms with van der Waals surface area (Å²) in [7, 11) is 0. The molecule has 1 aromatic carbocycles. The van der Waals surface area contributed by atoms with E-state index >= 15 is 0 Å². The zero-order valence-electron chi connectivity index (χ0n) is 14.8. The van der Waals surface area contributed by atoms with Crippen molar-refractivity contribution in [2.75, 3.05) is 26.2 Å². The molecule has 4 bridgehead atoms. The van der Waals surface area contributed by atoms with Crippen molar-refractivity contribution in [3.05, 3.63) is 35.9 Å². The SMILES string of the molecule is c1ccc(CN2CCN(NC34CC5CC(CC(C5)C3)C4)CC2)cc1. The molecule has 4 aliphatic carbocycles. The minimum absolute atomic E-state index is 0.469. The Hall–Kier alpha value is -0.900. The van der Waals surface area contributed by atoms with E-state index in [0.29, 0.717) is 5.54 Å². The maximum absolute atomic E-state index is 4.05. The highest BCUT2D eigenvalue weighted by atomic mass is 15.5. The second-order valence-electron chi connectivity index (χ2n) is 9.06. The van der Waals surface area contributed by atoms with Crippen molar-refractivity contribution in [1.29, 1.82) is 0 Å². The summed E-state index contributed by atoms with van der Waals surface area (Å²) >= 11 is 0. The predicted molar refractivity (Wildman–Crippen MR) is 97.3 cm³/mol. The van der Waals surface area contributed by atoms with Crippen LogP contribution in [-0.2, 0) is 6.54 Å². The number of nitrogens with one attached hydrogen (secondary N) is 1. The Kier molecular flexibility index (Phi) is 3.92. The van der Waals surface area contributed by atoms with E-state index in [1.165, 1.54) is 70.3 Å². The molecular formula is C21H31N3. The Morgan fingerprint density at radius 2 is 1.42 bits per heavy atom. The van der Waals surface area contributed by atoms with Crippen molar-refractivity contribution in [2.45, 2.75) is 50.6 Å². The molecule has 5 fully saturated rings. The Morgan fingerprint density at radius 1 is 0.833 bits per heavy atom. The van der Waals surface area contributed by atoms with Gasteiger partial charge in [0.15, 0.2) is 0 Å². The van der Waals surface area contributed by atoms with Crippen LogP contribution in [0, 0.1) is 17.8 Å². The Labute approximate surface area is 146 Å². The van der Waals surface area contributed by atoms with Crippen molar-refractivity contribution in [3.8, 4) is 0 Å². The van der Waals surface area contributed by atoms with E-state index in [9.17, 15) is 0 Å². The Bertz CT molecular complexity index is 526. The van der Waals surface area contributed by atoms with E-state index in [-0.39, 0.29) is 0 Å².